The standard InChI is InChI=1S/C46H60O6.C45H58O6.C33H50O6.CH3F/c1-41(2)35-19-22-46(7)39(44(35,5)21-20-36(41)51-29-37(48)50-8)34(47)27-32-33-28-43(4,24-23-42(33,3)25-26-45(32,46)6)40(49)52-38(30-15-11-9-12-16-30)31-17-13-10-14-18-31;1-40(2)34-18-21-45(7)38(43(34,5)20-19-35(40)50-28-36(47)48)33(46)26-31-32-27-42(4,23-22-41(32,3)24-25-44(31,45)6)39(49)51-37(29-14-10-8-11-15-29)30-16-12-9-13-17-30;1-28(2)23-9-12-33(7)26(31(23,5)11-10-24(28)39-19-25(35)38-8)22(34)17-20-21-18-30(4,27(36)37)14-13-29(21,3)15-16-32(20,33)6;1-2/h9-18,27,33,35-36,38-39H,19-26,28-29H2,1-8H3;8-17,26,32,34-35,37-38H,18-25,27-28H2,1-7H3,(H,47,48);17,21,23-24,26H,9-16,18-19H2,1-8H3,(H,36,37);1H3/t33-,35-,36-,39+,42+,43-,44-,45+,46+;32-,34-,35-,38+,41+,42-,43-,44+,45+;21-,23-,24-,26+,29+,30-,31-,32+,33+;/m000./s1/i;;;1D. The number of ether oxygens (including phenoxy) is 7. The number of benzene rings is 4. The van der Waals surface area contributed by atoms with Gasteiger partial charge in [-0.25, -0.2) is 14.4 Å². The van der Waals surface area contributed by atoms with Crippen molar-refractivity contribution in [1.29, 1.82) is 0 Å². The largest absolute Gasteiger partial charge is 0.481 e. The summed E-state index contributed by atoms with van der Waals surface area (Å²) in [4.78, 5) is 121. The number of methoxy groups -OCH3 is 2. The Kier molecular flexibility index (Phi) is 28.7. The molecule has 786 valence electrons. The van der Waals surface area contributed by atoms with E-state index in [0.29, 0.717) is 37.5 Å². The van der Waals surface area contributed by atoms with E-state index in [-0.39, 0.29) is 202 Å². The lowest BCUT2D eigenvalue weighted by atomic mass is 9.33. The molecule has 0 spiro atoms. The lowest BCUT2D eigenvalue weighted by molar-refractivity contribution is -0.211. The Bertz CT molecular complexity index is 5570. The number of carbonyl (C=O) groups is 9. The number of ketones is 3. The molecule has 19 heteroatoms. The molecule has 12 saturated carbocycles. The zero-order chi connectivity index (χ0) is 105. The van der Waals surface area contributed by atoms with Gasteiger partial charge in [0.25, 0.3) is 0 Å². The quantitative estimate of drug-likeness (QED) is 0.0693. The van der Waals surface area contributed by atoms with Gasteiger partial charge in [-0.05, 0) is 351 Å². The number of aliphatic carboxylic acids is 2. The van der Waals surface area contributed by atoms with Gasteiger partial charge in [-0.3, -0.25) is 33.2 Å². The van der Waals surface area contributed by atoms with E-state index in [1.54, 1.807) is 0 Å². The van der Waals surface area contributed by atoms with Gasteiger partial charge < -0.3 is 43.4 Å². The number of hydrogen-bond acceptors (Lipinski definition) is 16. The number of carboxylic acid groups (broad SMARTS) is 2. The second-order valence-corrected chi connectivity index (χ2v) is 53.8. The molecule has 0 unspecified atom stereocenters. The Labute approximate surface area is 860 Å². The van der Waals surface area contributed by atoms with Crippen LogP contribution in [0.2, 0.25) is 0 Å². The molecule has 0 aliphatic heterocycles. The molecule has 4 aromatic rings. The summed E-state index contributed by atoms with van der Waals surface area (Å²) in [5.74, 6) is -0.881. The monoisotopic (exact) mass is 1980 g/mol. The van der Waals surface area contributed by atoms with E-state index in [9.17, 15) is 57.8 Å². The molecule has 0 aromatic heterocycles. The van der Waals surface area contributed by atoms with Gasteiger partial charge in [-0.2, -0.15) is 0 Å². The van der Waals surface area contributed by atoms with Gasteiger partial charge in [0.2, 0.25) is 0 Å². The van der Waals surface area contributed by atoms with E-state index >= 15 is 0 Å². The molecule has 4 aromatic carbocycles. The minimum absolute atomic E-state index is 0.0233. The molecular weight excluding hydrogens is 1810 g/mol. The van der Waals surface area contributed by atoms with E-state index in [2.05, 4.69) is 151 Å². The van der Waals surface area contributed by atoms with Gasteiger partial charge in [-0.1, -0.05) is 263 Å². The number of carboxylic acids is 2. The van der Waals surface area contributed by atoms with Gasteiger partial charge in [-0.15, -0.1) is 0 Å². The number of rotatable bonds is 18. The molecular formula is C125H171FO18. The molecule has 2 N–H and O–H groups in total. The van der Waals surface area contributed by atoms with Crippen LogP contribution >= 0.6 is 0 Å². The second kappa shape index (κ2) is 38.6. The first-order valence-corrected chi connectivity index (χ1v) is 54.6. The molecule has 27 atom stereocenters. The average Bonchev–Trinajstić information content (AvgIpc) is 0.681. The number of fused-ring (bicyclic) bond motifs is 21. The molecule has 144 heavy (non-hydrogen) atoms. The minimum atomic E-state index is -1.00. The fourth-order valence-electron chi connectivity index (χ4n) is 36.2. The minimum Gasteiger partial charge on any atom is -0.481 e. The van der Waals surface area contributed by atoms with Crippen LogP contribution in [0.4, 0.5) is 4.39 Å². The van der Waals surface area contributed by atoms with E-state index < -0.39 is 47.5 Å². The van der Waals surface area contributed by atoms with Crippen molar-refractivity contribution in [2.75, 3.05) is 41.2 Å². The topological polar surface area (TPSA) is 259 Å². The molecule has 15 aliphatic carbocycles. The maximum Gasteiger partial charge on any atom is 0.331 e. The number of carbonyl (C=O) groups excluding carboxylic acids is 7. The number of hydrogen-bond donors (Lipinski definition) is 2. The Morgan fingerprint density at radius 2 is 0.597 bits per heavy atom. The first-order chi connectivity index (χ1) is 67.9. The zero-order valence-electron chi connectivity index (χ0n) is 92.1. The highest BCUT2D eigenvalue weighted by molar-refractivity contribution is 5.98. The van der Waals surface area contributed by atoms with Gasteiger partial charge in [0.05, 0.1) is 57.3 Å². The van der Waals surface area contributed by atoms with Gasteiger partial charge in [0.15, 0.2) is 29.6 Å². The predicted octanol–water partition coefficient (Wildman–Crippen LogP) is 26.8. The summed E-state index contributed by atoms with van der Waals surface area (Å²) < 4.78 is 56.6. The van der Waals surface area contributed by atoms with E-state index in [4.69, 9.17) is 34.5 Å². The highest BCUT2D eigenvalue weighted by Crippen LogP contribution is 2.81. The van der Waals surface area contributed by atoms with Crippen LogP contribution in [0.25, 0.3) is 0 Å². The zero-order valence-corrected chi connectivity index (χ0v) is 91.1. The summed E-state index contributed by atoms with van der Waals surface area (Å²) in [6, 6.07) is 40.1. The summed E-state index contributed by atoms with van der Waals surface area (Å²) in [7, 11) is 1.78. The number of halogens is 1. The first-order valence-electron chi connectivity index (χ1n) is 55.3. The van der Waals surface area contributed by atoms with Crippen molar-refractivity contribution in [3.63, 3.8) is 0 Å². The smallest absolute Gasteiger partial charge is 0.331 e. The van der Waals surface area contributed by atoms with Gasteiger partial charge >= 0.3 is 35.8 Å². The number of alkyl halides is 1. The second-order valence-electron chi connectivity index (χ2n) is 53.8. The van der Waals surface area contributed by atoms with Crippen molar-refractivity contribution >= 4 is 53.2 Å². The molecule has 0 amide bonds. The number of allylic oxidation sites excluding steroid dienone is 6. The van der Waals surface area contributed by atoms with Crippen LogP contribution in [-0.2, 0) is 76.3 Å². The van der Waals surface area contributed by atoms with E-state index in [0.717, 1.165) is 170 Å². The summed E-state index contributed by atoms with van der Waals surface area (Å²) >= 11 is 0. The average molecular weight is 1980 g/mol. The maximum absolute atomic E-state index is 14.9. The highest BCUT2D eigenvalue weighted by atomic mass is 19.1. The SMILES string of the molecule is CC1(C)[C@@H](OCC(=O)O)CC[C@]2(C)[C@H]3C(=O)C=C4[C@@H]5C[C@@](C)(C(=O)OC(c6ccccc6)c6ccccc6)CC[C@]5(C)CC[C@@]4(C)[C@]3(C)CC[C@@H]12.COC(=O)CO[C@H]1CC[C@]2(C)[C@H]3C(=O)C=C4[C@@H]5C[C@@](C)(C(=O)O)CC[C@]5(C)CC[C@@]4(C)[C@]3(C)CC[C@H]2C1(C)C.COC(=O)CO[C@H]1CC[C@]2(C)[C@H]3C(=O)C=C4[C@@H]5C[C@@](C)(C(=O)OC(c6ccccc6)c6ccccc6)CC[C@]5(C)CC[C@@]4(C)[C@]3(C)CC[C@H]2C1(C)C.[2H]CF. The Balaban J connectivity index is 0.000000155. The molecule has 18 nitrogen and oxygen atoms in total. The predicted molar refractivity (Wildman–Crippen MR) is 555 cm³/mol. The number of esters is 4. The van der Waals surface area contributed by atoms with Crippen molar-refractivity contribution in [1.82, 2.24) is 0 Å². The third kappa shape index (κ3) is 17.5. The Morgan fingerprint density at radius 3 is 0.854 bits per heavy atom. The van der Waals surface area contributed by atoms with Crippen LogP contribution in [0.1, 0.15) is 355 Å². The van der Waals surface area contributed by atoms with Crippen molar-refractivity contribution in [3.8, 4) is 0 Å². The van der Waals surface area contributed by atoms with Gasteiger partial charge in [0.1, 0.15) is 19.8 Å². The van der Waals surface area contributed by atoms with Gasteiger partial charge in [0, 0.05) is 17.8 Å². The fourth-order valence-corrected chi connectivity index (χ4v) is 36.2. The Hall–Kier alpha value is -8.26. The molecule has 0 heterocycles. The van der Waals surface area contributed by atoms with Crippen LogP contribution in [0, 0.1) is 151 Å². The molecule has 0 bridgehead atoms. The van der Waals surface area contributed by atoms with E-state index in [1.807, 2.05) is 134 Å². The van der Waals surface area contributed by atoms with Crippen LogP contribution in [0.5, 0.6) is 0 Å². The summed E-state index contributed by atoms with van der Waals surface area (Å²) in [5, 5.41) is 19.5. The summed E-state index contributed by atoms with van der Waals surface area (Å²) in [5.41, 5.74) is 3.53. The van der Waals surface area contributed by atoms with Crippen LogP contribution in [0.3, 0.4) is 0 Å². The Morgan fingerprint density at radius 1 is 0.347 bits per heavy atom. The van der Waals surface area contributed by atoms with E-state index in [1.165, 1.54) is 30.9 Å². The summed E-state index contributed by atoms with van der Waals surface area (Å²) in [6.07, 6.45) is 29.4. The third-order valence-electron chi connectivity index (χ3n) is 45.6. The van der Waals surface area contributed by atoms with Crippen LogP contribution < -0.4 is 0 Å². The lowest BCUT2D eigenvalue weighted by Crippen LogP contribution is -2.66. The summed E-state index contributed by atoms with van der Waals surface area (Å²) in [6.45, 7) is 48.1. The molecule has 0 saturated heterocycles. The maximum atomic E-state index is 14.9. The molecule has 15 aliphatic rings. The van der Waals surface area contributed by atoms with Crippen molar-refractivity contribution in [2.24, 2.45) is 151 Å². The van der Waals surface area contributed by atoms with Crippen LogP contribution in [0.15, 0.2) is 156 Å². The van der Waals surface area contributed by atoms with Crippen molar-refractivity contribution < 1.29 is 92.3 Å². The molecule has 0 radical (unpaired) electrons. The first kappa shape index (κ1) is 107. The van der Waals surface area contributed by atoms with Crippen LogP contribution in [-0.4, -0.2) is 123 Å². The normalized spacial score (nSPS) is 41.6. The lowest BCUT2D eigenvalue weighted by Gasteiger charge is -2.70. The molecule has 12 fully saturated rings. The van der Waals surface area contributed by atoms with Crippen molar-refractivity contribution in [2.45, 2.75) is 349 Å². The highest BCUT2D eigenvalue weighted by Gasteiger charge is 2.76. The van der Waals surface area contributed by atoms with Crippen molar-refractivity contribution in [3.05, 3.63) is 179 Å². The fraction of sp³-hybridized carbons (Fsp3) is 0.688. The third-order valence-corrected chi connectivity index (χ3v) is 45.6. The molecule has 19 rings (SSSR count).